The van der Waals surface area contributed by atoms with Crippen LogP contribution < -0.4 is 14.8 Å². The van der Waals surface area contributed by atoms with E-state index in [4.69, 9.17) is 20.1 Å². The van der Waals surface area contributed by atoms with Crippen LogP contribution in [0.25, 0.3) is 32.2 Å². The van der Waals surface area contributed by atoms with Gasteiger partial charge in [-0.15, -0.1) is 0 Å². The number of anilines is 1. The maximum atomic E-state index is 12.6. The Labute approximate surface area is 319 Å². The predicted octanol–water partition coefficient (Wildman–Crippen LogP) is 11.6. The van der Waals surface area contributed by atoms with Crippen molar-refractivity contribution in [1.29, 1.82) is 0 Å². The monoisotopic (exact) mass is 790 g/mol. The number of alkyl halides is 6. The molecule has 4 N–H and O–H groups in total. The van der Waals surface area contributed by atoms with Crippen molar-refractivity contribution in [2.45, 2.75) is 62.1 Å². The first-order valence-corrected chi connectivity index (χ1v) is 17.6. The molecule has 6 aromatic rings. The molecule has 17 heteroatoms. The van der Waals surface area contributed by atoms with Crippen molar-refractivity contribution in [1.82, 2.24) is 9.97 Å². The number of benzene rings is 4. The number of H-pyrrole nitrogens is 2. The van der Waals surface area contributed by atoms with Gasteiger partial charge in [-0.1, -0.05) is 12.1 Å². The largest absolute Gasteiger partial charge is 0.490 e. The first-order chi connectivity index (χ1) is 27.1. The van der Waals surface area contributed by atoms with Gasteiger partial charge in [-0.25, -0.2) is 4.79 Å². The van der Waals surface area contributed by atoms with E-state index < -0.39 is 35.5 Å². The Balaban J connectivity index is 0.000000174. The average Bonchev–Trinajstić information content (AvgIpc) is 3.74. The molecule has 2 amide bonds. The first kappa shape index (κ1) is 38.7. The number of hydrogen-bond donors (Lipinski definition) is 4. The highest BCUT2D eigenvalue weighted by Gasteiger charge is 2.35. The van der Waals surface area contributed by atoms with Gasteiger partial charge in [-0.3, -0.25) is 10.1 Å². The number of fused-ring (bicyclic) bond motifs is 2. The molecular formula is C40H32F6N6O5. The molecule has 0 spiro atoms. The molecule has 4 aromatic carbocycles. The van der Waals surface area contributed by atoms with Crippen molar-refractivity contribution < 1.29 is 50.5 Å². The van der Waals surface area contributed by atoms with Crippen molar-refractivity contribution in [3.63, 3.8) is 0 Å². The quantitative estimate of drug-likeness (QED) is 0.0520. The SMILES string of the molecule is O=C(O)Nc1c[nH]c2ccc(C3CC(Oc4ccc(C(F)(F)F)cc4)C3)cc12.[N-]=[N+]=NC(=O)c1c[nH]c2ccc(C3CC(Oc4ccc(C(F)(F)F)cc4)C3)cc12. The smallest absolute Gasteiger partial charge is 0.416 e. The fraction of sp³-hybridized carbons (Fsp3) is 0.250. The van der Waals surface area contributed by atoms with Gasteiger partial charge in [0, 0.05) is 44.7 Å². The molecular weight excluding hydrogens is 758 g/mol. The normalized spacial score (nSPS) is 19.0. The third kappa shape index (κ3) is 8.78. The Kier molecular flexibility index (Phi) is 10.5. The molecule has 0 radical (unpaired) electrons. The van der Waals surface area contributed by atoms with E-state index in [0.717, 1.165) is 77.5 Å². The molecule has 0 bridgehead atoms. The van der Waals surface area contributed by atoms with E-state index in [2.05, 4.69) is 25.3 Å². The molecule has 2 heterocycles. The van der Waals surface area contributed by atoms with Gasteiger partial charge >= 0.3 is 18.4 Å². The lowest BCUT2D eigenvalue weighted by Crippen LogP contribution is -2.32. The second kappa shape index (κ2) is 15.5. The van der Waals surface area contributed by atoms with Crippen LogP contribution >= 0.6 is 0 Å². The Morgan fingerprint density at radius 1 is 0.702 bits per heavy atom. The molecule has 0 aliphatic heterocycles. The molecule has 2 fully saturated rings. The summed E-state index contributed by atoms with van der Waals surface area (Å²) in [5.74, 6) is 0.663. The molecule has 2 saturated carbocycles. The van der Waals surface area contributed by atoms with Gasteiger partial charge in [0.25, 0.3) is 5.91 Å². The Bertz CT molecular complexity index is 2460. The molecule has 0 saturated heterocycles. The Hall–Kier alpha value is -6.61. The summed E-state index contributed by atoms with van der Waals surface area (Å²) in [5.41, 5.74) is 11.6. The van der Waals surface area contributed by atoms with E-state index in [-0.39, 0.29) is 24.0 Å². The number of carboxylic acid groups (broad SMARTS) is 1. The standard InChI is InChI=1S/C20H15F3N4O2.C20H17F3N2O3/c21-20(22,23)13-2-4-14(5-3-13)29-15-7-12(8-15)11-1-6-18-16(9-11)17(10-25-18)19(28)26-27-24;21-20(22,23)13-2-4-14(5-3-13)28-15-7-12(8-15)11-1-6-17-16(9-11)18(10-24-17)25-19(26)27/h1-6,9-10,12,15,25H,7-8H2;1-6,9-10,12,15,24-25H,7-8H2,(H,26,27). The van der Waals surface area contributed by atoms with Crippen molar-refractivity contribution in [2.75, 3.05) is 5.32 Å². The van der Waals surface area contributed by atoms with Crippen molar-refractivity contribution in [3.8, 4) is 11.5 Å². The van der Waals surface area contributed by atoms with Crippen LogP contribution in [0.1, 0.15) is 70.1 Å². The van der Waals surface area contributed by atoms with Crippen LogP contribution in [0.15, 0.2) is 102 Å². The molecule has 0 unspecified atom stereocenters. The van der Waals surface area contributed by atoms with E-state index >= 15 is 0 Å². The number of halogens is 6. The molecule has 11 nitrogen and oxygen atoms in total. The van der Waals surface area contributed by atoms with Gasteiger partial charge in [-0.2, -0.15) is 26.3 Å². The van der Waals surface area contributed by atoms with E-state index in [1.807, 2.05) is 36.4 Å². The number of aromatic amines is 2. The molecule has 8 rings (SSSR count). The number of nitrogens with one attached hydrogen (secondary N) is 3. The Morgan fingerprint density at radius 3 is 1.61 bits per heavy atom. The van der Waals surface area contributed by atoms with Crippen molar-refractivity contribution in [2.24, 2.45) is 5.11 Å². The zero-order valence-electron chi connectivity index (χ0n) is 29.6. The van der Waals surface area contributed by atoms with E-state index in [0.29, 0.717) is 28.1 Å². The summed E-state index contributed by atoms with van der Waals surface area (Å²) in [7, 11) is 0. The molecule has 2 aromatic heterocycles. The van der Waals surface area contributed by atoms with Gasteiger partial charge in [-0.05, 0) is 132 Å². The van der Waals surface area contributed by atoms with Crippen LogP contribution in [-0.2, 0) is 12.4 Å². The highest BCUT2D eigenvalue weighted by atomic mass is 19.4. The Morgan fingerprint density at radius 2 is 1.16 bits per heavy atom. The topological polar surface area (TPSA) is 165 Å². The van der Waals surface area contributed by atoms with Gasteiger partial charge in [0.15, 0.2) is 0 Å². The minimum absolute atomic E-state index is 0.0553. The molecule has 57 heavy (non-hydrogen) atoms. The summed E-state index contributed by atoms with van der Waals surface area (Å²) >= 11 is 0. The second-order valence-corrected chi connectivity index (χ2v) is 13.8. The van der Waals surface area contributed by atoms with Crippen LogP contribution in [0.2, 0.25) is 0 Å². The minimum Gasteiger partial charge on any atom is -0.490 e. The number of carbonyl (C=O) groups excluding carboxylic acids is 1. The van der Waals surface area contributed by atoms with Gasteiger partial charge in [0.05, 0.1) is 29.0 Å². The summed E-state index contributed by atoms with van der Waals surface area (Å²) in [4.78, 5) is 31.3. The number of ether oxygens (including phenoxy) is 2. The third-order valence-corrected chi connectivity index (χ3v) is 10.1. The van der Waals surface area contributed by atoms with E-state index in [9.17, 15) is 35.9 Å². The summed E-state index contributed by atoms with van der Waals surface area (Å²) < 4.78 is 87.2. The predicted molar refractivity (Wildman–Crippen MR) is 197 cm³/mol. The zero-order chi connectivity index (χ0) is 40.5. The van der Waals surface area contributed by atoms with Crippen molar-refractivity contribution in [3.05, 3.63) is 136 Å². The van der Waals surface area contributed by atoms with Crippen LogP contribution in [0, 0.1) is 0 Å². The summed E-state index contributed by atoms with van der Waals surface area (Å²) in [5, 5.41) is 15.9. The number of carbonyl (C=O) groups is 2. The highest BCUT2D eigenvalue weighted by Crippen LogP contribution is 2.42. The van der Waals surface area contributed by atoms with Gasteiger partial charge < -0.3 is 24.5 Å². The number of azide groups is 1. The van der Waals surface area contributed by atoms with Crippen LogP contribution in [-0.4, -0.2) is 39.3 Å². The van der Waals surface area contributed by atoms with E-state index in [1.165, 1.54) is 30.5 Å². The molecule has 0 atom stereocenters. The number of nitrogens with zero attached hydrogens (tertiary/aromatic N) is 3. The third-order valence-electron chi connectivity index (χ3n) is 10.1. The summed E-state index contributed by atoms with van der Waals surface area (Å²) in [6.45, 7) is 0. The minimum atomic E-state index is -4.37. The van der Waals surface area contributed by atoms with Crippen LogP contribution in [0.5, 0.6) is 11.5 Å². The number of rotatable bonds is 8. The maximum Gasteiger partial charge on any atom is 0.416 e. The second-order valence-electron chi connectivity index (χ2n) is 13.8. The molecule has 294 valence electrons. The van der Waals surface area contributed by atoms with Crippen LogP contribution in [0.4, 0.5) is 36.8 Å². The number of hydrogen-bond acceptors (Lipinski definition) is 4. The fourth-order valence-electron chi connectivity index (χ4n) is 6.97. The van der Waals surface area contributed by atoms with E-state index in [1.54, 1.807) is 6.20 Å². The lowest BCUT2D eigenvalue weighted by Gasteiger charge is -2.35. The van der Waals surface area contributed by atoms with Gasteiger partial charge in [0.1, 0.15) is 11.5 Å². The van der Waals surface area contributed by atoms with Crippen LogP contribution in [0.3, 0.4) is 0 Å². The van der Waals surface area contributed by atoms with Gasteiger partial charge in [0.2, 0.25) is 0 Å². The number of aromatic nitrogens is 2. The summed E-state index contributed by atoms with van der Waals surface area (Å²) in [6.07, 6.45) is -3.92. The fourth-order valence-corrected chi connectivity index (χ4v) is 6.97. The molecule has 2 aliphatic rings. The molecule has 2 aliphatic carbocycles. The first-order valence-electron chi connectivity index (χ1n) is 17.6. The maximum absolute atomic E-state index is 12.6. The highest BCUT2D eigenvalue weighted by molar-refractivity contribution is 6.07. The lowest BCUT2D eigenvalue weighted by molar-refractivity contribution is -0.138. The lowest BCUT2D eigenvalue weighted by atomic mass is 9.77. The zero-order valence-corrected chi connectivity index (χ0v) is 29.6. The average molecular weight is 791 g/mol. The number of amides is 2. The van der Waals surface area contributed by atoms with Crippen molar-refractivity contribution >= 4 is 39.5 Å². The summed E-state index contributed by atoms with van der Waals surface area (Å²) in [6, 6.07) is 20.9.